The number of alkyl halides is 3. The van der Waals surface area contributed by atoms with E-state index in [1.54, 1.807) is 5.38 Å². The van der Waals surface area contributed by atoms with Gasteiger partial charge >= 0.3 is 6.18 Å². The lowest BCUT2D eigenvalue weighted by molar-refractivity contribution is -0.138. The summed E-state index contributed by atoms with van der Waals surface area (Å²) in [4.78, 5) is 13.6. The van der Waals surface area contributed by atoms with Crippen LogP contribution in [0, 0.1) is 0 Å². The van der Waals surface area contributed by atoms with Crippen molar-refractivity contribution in [3.05, 3.63) is 50.7 Å². The number of nitrogens with one attached hydrogen (secondary N) is 1. The molecule has 0 bridgehead atoms. The quantitative estimate of drug-likeness (QED) is 0.748. The molecule has 0 saturated carbocycles. The van der Waals surface area contributed by atoms with E-state index in [0.29, 0.717) is 5.56 Å². The number of amides is 1. The summed E-state index contributed by atoms with van der Waals surface area (Å²) in [6.45, 7) is 3.31. The minimum absolute atomic E-state index is 0.0567. The Hall–Kier alpha value is -1.86. The fraction of sp³-hybridized carbons (Fsp3) is 0.389. The Morgan fingerprint density at radius 3 is 2.56 bits per heavy atom. The average molecular weight is 371 g/mol. The molecule has 0 saturated heterocycles. The van der Waals surface area contributed by atoms with Gasteiger partial charge in [0, 0.05) is 15.9 Å². The predicted molar refractivity (Wildman–Crippen MR) is 93.0 cm³/mol. The van der Waals surface area contributed by atoms with Crippen molar-refractivity contribution >= 4 is 22.9 Å². The van der Waals surface area contributed by atoms with Crippen molar-refractivity contribution in [2.75, 3.05) is 5.32 Å². The first-order valence-corrected chi connectivity index (χ1v) is 8.91. The van der Waals surface area contributed by atoms with E-state index in [1.807, 2.05) is 13.8 Å². The number of halogens is 3. The zero-order valence-electron chi connectivity index (χ0n) is 14.0. The maximum Gasteiger partial charge on any atom is 0.416 e. The summed E-state index contributed by atoms with van der Waals surface area (Å²) >= 11 is 1.49. The molecule has 136 valence electrons. The van der Waals surface area contributed by atoms with E-state index < -0.39 is 24.3 Å². The molecule has 0 spiro atoms. The molecule has 0 atom stereocenters. The molecule has 0 aliphatic heterocycles. The molecule has 7 heteroatoms. The maximum atomic E-state index is 13.1. The molecule has 1 aromatic carbocycles. The van der Waals surface area contributed by atoms with Crippen molar-refractivity contribution in [3.8, 4) is 0 Å². The molecule has 0 aliphatic carbocycles. The molecule has 1 heterocycles. The Balaban J connectivity index is 2.31. The summed E-state index contributed by atoms with van der Waals surface area (Å²) < 4.78 is 39.2. The molecule has 2 N–H and O–H groups in total. The van der Waals surface area contributed by atoms with Gasteiger partial charge in [-0.05, 0) is 36.1 Å². The van der Waals surface area contributed by atoms with Crippen LogP contribution in [0.1, 0.15) is 52.2 Å². The number of carbonyl (C=O) groups is 1. The summed E-state index contributed by atoms with van der Waals surface area (Å²) in [5.41, 5.74) is 0.377. The van der Waals surface area contributed by atoms with E-state index in [1.165, 1.54) is 23.5 Å². The molecule has 25 heavy (non-hydrogen) atoms. The molecule has 0 aliphatic rings. The first kappa shape index (κ1) is 19.5. The third kappa shape index (κ3) is 4.41. The number of aryl methyl sites for hydroxylation is 1. The number of anilines is 1. The van der Waals surface area contributed by atoms with Crippen molar-refractivity contribution in [2.45, 2.75) is 45.9 Å². The van der Waals surface area contributed by atoms with Gasteiger partial charge in [0.1, 0.15) is 0 Å². The Bertz CT molecular complexity index is 753. The number of aliphatic hydroxyl groups is 1. The monoisotopic (exact) mass is 371 g/mol. The second-order valence-corrected chi connectivity index (χ2v) is 6.60. The van der Waals surface area contributed by atoms with Crippen LogP contribution in [0.15, 0.2) is 23.6 Å². The number of thiophene rings is 1. The molecular formula is C18H20F3NO2S. The summed E-state index contributed by atoms with van der Waals surface area (Å²) in [6.07, 6.45) is -2.14. The van der Waals surface area contributed by atoms with Crippen LogP contribution >= 0.6 is 11.3 Å². The van der Waals surface area contributed by atoms with Crippen LogP contribution in [0.5, 0.6) is 0 Å². The fourth-order valence-corrected chi connectivity index (χ4v) is 3.72. The van der Waals surface area contributed by atoms with E-state index in [9.17, 15) is 18.0 Å². The maximum absolute atomic E-state index is 13.1. The van der Waals surface area contributed by atoms with Crippen LogP contribution in [-0.2, 0) is 25.6 Å². The Morgan fingerprint density at radius 1 is 1.28 bits per heavy atom. The van der Waals surface area contributed by atoms with E-state index in [4.69, 9.17) is 5.11 Å². The van der Waals surface area contributed by atoms with Gasteiger partial charge in [-0.3, -0.25) is 4.79 Å². The van der Waals surface area contributed by atoms with Gasteiger partial charge < -0.3 is 10.4 Å². The zero-order valence-corrected chi connectivity index (χ0v) is 14.9. The van der Waals surface area contributed by atoms with E-state index >= 15 is 0 Å². The molecule has 1 amide bonds. The van der Waals surface area contributed by atoms with E-state index in [2.05, 4.69) is 5.32 Å². The fourth-order valence-electron chi connectivity index (χ4n) is 2.69. The second-order valence-electron chi connectivity index (χ2n) is 5.64. The number of hydrogen-bond acceptors (Lipinski definition) is 3. The van der Waals surface area contributed by atoms with Crippen molar-refractivity contribution in [3.63, 3.8) is 0 Å². The number of rotatable bonds is 6. The number of benzene rings is 1. The predicted octanol–water partition coefficient (Wildman–Crippen LogP) is 5.03. The number of hydrogen-bond donors (Lipinski definition) is 2. The van der Waals surface area contributed by atoms with Crippen LogP contribution in [0.2, 0.25) is 0 Å². The first-order chi connectivity index (χ1) is 11.8. The topological polar surface area (TPSA) is 49.3 Å². The van der Waals surface area contributed by atoms with Crippen LogP contribution in [-0.4, -0.2) is 11.0 Å². The van der Waals surface area contributed by atoms with Gasteiger partial charge in [0.25, 0.3) is 5.91 Å². The highest BCUT2D eigenvalue weighted by molar-refractivity contribution is 7.10. The molecule has 3 nitrogen and oxygen atoms in total. The minimum atomic E-state index is -4.59. The number of aliphatic hydroxyl groups excluding tert-OH is 1. The Morgan fingerprint density at radius 2 is 2.00 bits per heavy atom. The van der Waals surface area contributed by atoms with Crippen molar-refractivity contribution in [1.82, 2.24) is 0 Å². The highest BCUT2D eigenvalue weighted by Crippen LogP contribution is 2.34. The van der Waals surface area contributed by atoms with E-state index in [0.717, 1.165) is 35.8 Å². The molecule has 2 rings (SSSR count). The summed E-state index contributed by atoms with van der Waals surface area (Å²) in [7, 11) is 0. The molecule has 0 fully saturated rings. The van der Waals surface area contributed by atoms with Crippen LogP contribution < -0.4 is 5.32 Å². The van der Waals surface area contributed by atoms with Crippen molar-refractivity contribution in [1.29, 1.82) is 0 Å². The van der Waals surface area contributed by atoms with Gasteiger partial charge in [-0.25, -0.2) is 0 Å². The standard InChI is InChI=1S/C18H20F3NO2S/c1-3-5-13-14(10-25-16(13)4-2)17(24)22-12-7-6-11(9-23)15(8-12)18(19,20)21/h6-8,10,23H,3-5,9H2,1-2H3,(H,22,24). The smallest absolute Gasteiger partial charge is 0.392 e. The van der Waals surface area contributed by atoms with Gasteiger partial charge in [0.05, 0.1) is 17.7 Å². The molecular weight excluding hydrogens is 351 g/mol. The van der Waals surface area contributed by atoms with Gasteiger partial charge in [-0.1, -0.05) is 26.3 Å². The zero-order chi connectivity index (χ0) is 18.6. The van der Waals surface area contributed by atoms with Crippen LogP contribution in [0.25, 0.3) is 0 Å². The van der Waals surface area contributed by atoms with Gasteiger partial charge in [-0.15, -0.1) is 11.3 Å². The molecule has 0 unspecified atom stereocenters. The first-order valence-electron chi connectivity index (χ1n) is 8.03. The average Bonchev–Trinajstić information content (AvgIpc) is 2.97. The minimum Gasteiger partial charge on any atom is -0.392 e. The summed E-state index contributed by atoms with van der Waals surface area (Å²) in [6, 6.07) is 3.40. The molecule has 1 aromatic heterocycles. The van der Waals surface area contributed by atoms with E-state index in [-0.39, 0.29) is 11.3 Å². The van der Waals surface area contributed by atoms with Crippen molar-refractivity contribution < 1.29 is 23.1 Å². The SMILES string of the molecule is CCCc1c(C(=O)Nc2ccc(CO)c(C(F)(F)F)c2)csc1CC. The normalized spacial score (nSPS) is 11.6. The Labute approximate surface area is 148 Å². The molecule has 2 aromatic rings. The Kier molecular flexibility index (Phi) is 6.24. The van der Waals surface area contributed by atoms with Crippen molar-refractivity contribution in [2.24, 2.45) is 0 Å². The van der Waals surface area contributed by atoms with Gasteiger partial charge in [0.15, 0.2) is 0 Å². The lowest BCUT2D eigenvalue weighted by atomic mass is 10.0. The van der Waals surface area contributed by atoms with Crippen LogP contribution in [0.4, 0.5) is 18.9 Å². The summed E-state index contributed by atoms with van der Waals surface area (Å²) in [5.74, 6) is -0.413. The summed E-state index contributed by atoms with van der Waals surface area (Å²) in [5, 5.41) is 13.4. The lowest BCUT2D eigenvalue weighted by Crippen LogP contribution is -2.15. The van der Waals surface area contributed by atoms with Gasteiger partial charge in [0.2, 0.25) is 0 Å². The van der Waals surface area contributed by atoms with Crippen LogP contribution in [0.3, 0.4) is 0 Å². The number of carbonyl (C=O) groups excluding carboxylic acids is 1. The third-order valence-corrected chi connectivity index (χ3v) is 5.06. The third-order valence-electron chi connectivity index (χ3n) is 3.89. The molecule has 0 radical (unpaired) electrons. The highest BCUT2D eigenvalue weighted by atomic mass is 32.1. The van der Waals surface area contributed by atoms with Gasteiger partial charge in [-0.2, -0.15) is 13.2 Å². The lowest BCUT2D eigenvalue weighted by Gasteiger charge is -2.14. The largest absolute Gasteiger partial charge is 0.416 e. The highest BCUT2D eigenvalue weighted by Gasteiger charge is 2.33. The second kappa shape index (κ2) is 8.01.